The average molecular weight is 1260 g/mol. The number of hydrogen-bond acceptors (Lipinski definition) is 17. The number of rotatable bonds is 20. The summed E-state index contributed by atoms with van der Waals surface area (Å²) in [6.45, 7) is 15.9. The second kappa shape index (κ2) is 26.8. The van der Waals surface area contributed by atoms with Crippen LogP contribution in [-0.4, -0.2) is 152 Å². The van der Waals surface area contributed by atoms with E-state index in [0.29, 0.717) is 128 Å². The van der Waals surface area contributed by atoms with Gasteiger partial charge in [0.05, 0.1) is 62.3 Å². The van der Waals surface area contributed by atoms with E-state index in [1.165, 1.54) is 6.20 Å². The summed E-state index contributed by atoms with van der Waals surface area (Å²) in [5.74, 6) is 18.8. The van der Waals surface area contributed by atoms with Crippen LogP contribution in [0.15, 0.2) is 66.3 Å². The van der Waals surface area contributed by atoms with E-state index in [9.17, 15) is 13.2 Å². The van der Waals surface area contributed by atoms with Gasteiger partial charge in [0, 0.05) is 116 Å². The predicted molar refractivity (Wildman–Crippen MR) is 325 cm³/mol. The molecule has 0 aromatic carbocycles. The highest BCUT2D eigenvalue weighted by Crippen LogP contribution is 2.48. The van der Waals surface area contributed by atoms with E-state index < -0.39 is 31.7 Å². The van der Waals surface area contributed by atoms with Crippen LogP contribution in [0, 0.1) is 63.6 Å². The maximum absolute atomic E-state index is 12.8. The molecule has 5 aromatic heterocycles. The molecule has 5 aromatic rings. The number of alkyl halides is 3. The Kier molecular flexibility index (Phi) is 18.8. The molecular formula is C68H78F3N8O12+. The molecule has 3 saturated heterocycles. The molecule has 3 saturated carbocycles. The number of aromatic nitrogens is 7. The lowest BCUT2D eigenvalue weighted by Gasteiger charge is -2.35. The van der Waals surface area contributed by atoms with E-state index in [0.717, 1.165) is 29.8 Å². The molecule has 23 heteroatoms. The molecule has 0 bridgehead atoms. The number of methoxy groups -OCH3 is 2. The largest absolute Gasteiger partial charge is 0.523 e. The number of allylic oxidation sites excluding steroid dienone is 1. The SMILES string of the molecule is COCC#Cc1cnc(C2=CC(CC3OCC(C)(C)CO3)C(C3CC3Oc3cc(C#CCOC)cnc3-c3cc(CC4OCC(C)(C)CO4)cn3C)=N2)c(OC2CC2n2n[n+](CC3OCC(C)(C)CO3)cc2-c2ncc(C#CCOC(F)(F)F)cc2OC2CC2)c1. The van der Waals surface area contributed by atoms with Crippen molar-refractivity contribution < 1.29 is 74.7 Å². The van der Waals surface area contributed by atoms with Crippen molar-refractivity contribution in [3.05, 3.63) is 89.3 Å². The van der Waals surface area contributed by atoms with Crippen molar-refractivity contribution in [3.8, 4) is 75.5 Å². The van der Waals surface area contributed by atoms with Crippen LogP contribution < -0.4 is 18.9 Å². The highest BCUT2D eigenvalue weighted by atomic mass is 19.4. The lowest BCUT2D eigenvalue weighted by molar-refractivity contribution is -0.767. The molecule has 12 rings (SSSR count). The first-order valence-electron chi connectivity index (χ1n) is 30.9. The molecule has 5 unspecified atom stereocenters. The standard InChI is InChI=1S/C68H78F3N8O12/c1-65(2)36-82-58(83-37-65)25-45-21-51(77(7)33-45)63-57(24-43(31-73-63)14-11-19-81-9)90-53-28-48(53)61-46(27-59-84-38-66(3,4)39-85-59)26-49(75-61)62-55(22-42(30-72-62)13-10-18-80-8)91-54-29-50(54)79-52(34-78(76-79)35-60-86-40-67(5,6)41-87-60)64-56(89-47-16-17-47)23-44(32-74-64)15-12-20-88-68(69,70)71/h21-24,26,30-34,46-48,50,53-54,58-60H,16-20,25,27-29,35-41H2,1-9H3/q+1. The minimum Gasteiger partial charge on any atom is -0.488 e. The van der Waals surface area contributed by atoms with Gasteiger partial charge in [0.2, 0.25) is 5.69 Å². The zero-order valence-corrected chi connectivity index (χ0v) is 52.9. The van der Waals surface area contributed by atoms with Crippen molar-refractivity contribution >= 4 is 11.4 Å². The van der Waals surface area contributed by atoms with Gasteiger partial charge in [-0.3, -0.25) is 9.73 Å². The summed E-state index contributed by atoms with van der Waals surface area (Å²) in [6.07, 6.45) is 8.12. The van der Waals surface area contributed by atoms with Crippen molar-refractivity contribution in [3.63, 3.8) is 0 Å². The molecule has 3 aliphatic carbocycles. The van der Waals surface area contributed by atoms with Crippen molar-refractivity contribution in [1.29, 1.82) is 0 Å². The van der Waals surface area contributed by atoms with E-state index in [1.54, 1.807) is 37.4 Å². The summed E-state index contributed by atoms with van der Waals surface area (Å²) in [5, 5.41) is 5.10. The van der Waals surface area contributed by atoms with Crippen molar-refractivity contribution in [2.45, 2.75) is 136 Å². The van der Waals surface area contributed by atoms with E-state index in [-0.39, 0.29) is 72.4 Å². The quantitative estimate of drug-likeness (QED) is 0.0530. The number of pyridine rings is 3. The van der Waals surface area contributed by atoms with E-state index in [1.807, 2.05) is 30.1 Å². The topological polar surface area (TPSA) is 188 Å². The van der Waals surface area contributed by atoms with Gasteiger partial charge in [-0.1, -0.05) is 77.1 Å². The molecule has 0 radical (unpaired) electrons. The maximum Gasteiger partial charge on any atom is 0.523 e. The third-order valence-corrected chi connectivity index (χ3v) is 16.1. The Bertz CT molecular complexity index is 3720. The Morgan fingerprint density at radius 1 is 0.637 bits per heavy atom. The average Bonchev–Trinajstić information content (AvgIpc) is 1.62. The molecule has 5 atom stereocenters. The Hall–Kier alpha value is -7.21. The Morgan fingerprint density at radius 2 is 1.16 bits per heavy atom. The van der Waals surface area contributed by atoms with Gasteiger partial charge in [0.1, 0.15) is 54.9 Å². The van der Waals surface area contributed by atoms with Crippen LogP contribution in [0.25, 0.3) is 28.5 Å². The van der Waals surface area contributed by atoms with Gasteiger partial charge in [0.25, 0.3) is 0 Å². The third kappa shape index (κ3) is 16.5. The lowest BCUT2D eigenvalue weighted by Crippen LogP contribution is -2.48. The van der Waals surface area contributed by atoms with Gasteiger partial charge in [-0.15, -0.1) is 22.5 Å². The molecule has 4 aliphatic heterocycles. The van der Waals surface area contributed by atoms with Crippen LogP contribution in [0.4, 0.5) is 13.2 Å². The molecule has 0 N–H and O–H groups in total. The first kappa shape index (κ1) is 63.9. The van der Waals surface area contributed by atoms with Crippen molar-refractivity contribution in [1.82, 2.24) is 29.4 Å². The fourth-order valence-corrected chi connectivity index (χ4v) is 11.1. The number of aliphatic imine (C=N–C) groups is 1. The van der Waals surface area contributed by atoms with Crippen LogP contribution in [-0.2, 0) is 62.6 Å². The van der Waals surface area contributed by atoms with Crippen molar-refractivity contribution in [2.24, 2.45) is 40.1 Å². The molecule has 20 nitrogen and oxygen atoms in total. The minimum absolute atomic E-state index is 0.0433. The fraction of sp³-hybridized carbons (Fsp3) is 0.559. The monoisotopic (exact) mass is 1260 g/mol. The van der Waals surface area contributed by atoms with Crippen LogP contribution in [0.3, 0.4) is 0 Å². The van der Waals surface area contributed by atoms with Crippen molar-refractivity contribution in [2.75, 3.05) is 73.7 Å². The fourth-order valence-electron chi connectivity index (χ4n) is 11.1. The molecule has 0 spiro atoms. The summed E-state index contributed by atoms with van der Waals surface area (Å²) in [4.78, 5) is 20.3. The highest BCUT2D eigenvalue weighted by Gasteiger charge is 2.52. The first-order valence-corrected chi connectivity index (χ1v) is 30.9. The molecule has 0 amide bonds. The summed E-state index contributed by atoms with van der Waals surface area (Å²) in [5.41, 5.74) is 7.08. The van der Waals surface area contributed by atoms with Gasteiger partial charge in [0.15, 0.2) is 49.1 Å². The Balaban J connectivity index is 0.846. The number of aryl methyl sites for hydroxylation is 1. The zero-order valence-electron chi connectivity index (χ0n) is 52.9. The van der Waals surface area contributed by atoms with E-state index >= 15 is 0 Å². The number of ether oxygens (including phenoxy) is 12. The van der Waals surface area contributed by atoms with Crippen LogP contribution in [0.2, 0.25) is 0 Å². The van der Waals surface area contributed by atoms with E-state index in [2.05, 4.69) is 105 Å². The van der Waals surface area contributed by atoms with Gasteiger partial charge >= 0.3 is 6.36 Å². The first-order chi connectivity index (χ1) is 43.6. The van der Waals surface area contributed by atoms with Crippen LogP contribution in [0.1, 0.15) is 108 Å². The zero-order chi connectivity index (χ0) is 63.7. The molecular weight excluding hydrogens is 1180 g/mol. The lowest BCUT2D eigenvalue weighted by atomic mass is 9.93. The highest BCUT2D eigenvalue weighted by molar-refractivity contribution is 6.01. The second-order valence-corrected chi connectivity index (χ2v) is 26.7. The summed E-state index contributed by atoms with van der Waals surface area (Å²) >= 11 is 0. The number of halogens is 3. The molecule has 9 heterocycles. The summed E-state index contributed by atoms with van der Waals surface area (Å²) in [6, 6.07) is 7.32. The molecule has 91 heavy (non-hydrogen) atoms. The summed E-state index contributed by atoms with van der Waals surface area (Å²) < 4.78 is 116. The van der Waals surface area contributed by atoms with Gasteiger partial charge in [-0.2, -0.15) is 0 Å². The number of nitrogens with zero attached hydrogens (tertiary/aromatic N) is 8. The van der Waals surface area contributed by atoms with Gasteiger partial charge < -0.3 is 56.7 Å². The predicted octanol–water partition coefficient (Wildman–Crippen LogP) is 8.85. The van der Waals surface area contributed by atoms with Gasteiger partial charge in [-0.25, -0.2) is 15.0 Å². The third-order valence-electron chi connectivity index (χ3n) is 16.1. The maximum atomic E-state index is 12.8. The number of hydrogen-bond donors (Lipinski definition) is 0. The smallest absolute Gasteiger partial charge is 0.488 e. The molecule has 6 fully saturated rings. The van der Waals surface area contributed by atoms with E-state index in [4.69, 9.17) is 77.3 Å². The Labute approximate surface area is 528 Å². The summed E-state index contributed by atoms with van der Waals surface area (Å²) in [7, 11) is 5.20. The Morgan fingerprint density at radius 3 is 1.75 bits per heavy atom. The molecule has 482 valence electrons. The molecule has 7 aliphatic rings. The normalized spacial score (nSPS) is 23.6. The second-order valence-electron chi connectivity index (χ2n) is 26.7. The van der Waals surface area contributed by atoms with Crippen LogP contribution in [0.5, 0.6) is 17.2 Å². The van der Waals surface area contributed by atoms with Crippen LogP contribution >= 0.6 is 0 Å². The van der Waals surface area contributed by atoms with Gasteiger partial charge in [-0.05, 0) is 55.2 Å². The minimum atomic E-state index is -4.81.